The minimum absolute atomic E-state index is 0. The zero-order chi connectivity index (χ0) is 13.0. The number of hydrogen-bond acceptors (Lipinski definition) is 2. The Morgan fingerprint density at radius 3 is 1.95 bits per heavy atom. The molecule has 5 rings (SSSR count). The zero-order valence-corrected chi connectivity index (χ0v) is 13.0. The van der Waals surface area contributed by atoms with Crippen LogP contribution >= 0.6 is 12.4 Å². The van der Waals surface area contributed by atoms with Crippen LogP contribution in [0.1, 0.15) is 57.8 Å². The Hall–Kier alpha value is -0.280. The molecule has 0 aromatic heterocycles. The molecule has 4 heteroatoms. The summed E-state index contributed by atoms with van der Waals surface area (Å²) >= 11 is 0. The third-order valence-electron chi connectivity index (χ3n) is 6.27. The lowest BCUT2D eigenvalue weighted by Gasteiger charge is -2.57. The quantitative estimate of drug-likeness (QED) is 0.823. The van der Waals surface area contributed by atoms with E-state index >= 15 is 0 Å². The van der Waals surface area contributed by atoms with Crippen molar-refractivity contribution in [2.45, 2.75) is 69.4 Å². The largest absolute Gasteiger partial charge is 0.350 e. The average Bonchev–Trinajstić information content (AvgIpc) is 2.73. The van der Waals surface area contributed by atoms with E-state index in [-0.39, 0.29) is 29.9 Å². The molecule has 3 N–H and O–H groups in total. The molecule has 3 nitrogen and oxygen atoms in total. The van der Waals surface area contributed by atoms with Gasteiger partial charge in [0.25, 0.3) is 0 Å². The van der Waals surface area contributed by atoms with Crippen LogP contribution < -0.4 is 11.1 Å². The van der Waals surface area contributed by atoms with Crippen LogP contribution in [0, 0.1) is 23.7 Å². The molecule has 0 heterocycles. The predicted molar refractivity (Wildman–Crippen MR) is 81.6 cm³/mol. The second kappa shape index (κ2) is 5.17. The van der Waals surface area contributed by atoms with Gasteiger partial charge in [-0.2, -0.15) is 0 Å². The van der Waals surface area contributed by atoms with Crippen molar-refractivity contribution in [1.29, 1.82) is 0 Å². The summed E-state index contributed by atoms with van der Waals surface area (Å²) in [7, 11) is 0. The first kappa shape index (κ1) is 14.6. The Kier molecular flexibility index (Phi) is 3.79. The van der Waals surface area contributed by atoms with Gasteiger partial charge in [-0.1, -0.05) is 0 Å². The molecule has 0 radical (unpaired) electrons. The van der Waals surface area contributed by atoms with Gasteiger partial charge in [0, 0.05) is 17.5 Å². The summed E-state index contributed by atoms with van der Waals surface area (Å²) < 4.78 is 0. The van der Waals surface area contributed by atoms with Crippen LogP contribution in [0.3, 0.4) is 0 Å². The molecule has 0 spiro atoms. The molecule has 5 fully saturated rings. The van der Waals surface area contributed by atoms with Gasteiger partial charge in [0.15, 0.2) is 0 Å². The van der Waals surface area contributed by atoms with Crippen LogP contribution in [-0.2, 0) is 4.79 Å². The summed E-state index contributed by atoms with van der Waals surface area (Å²) in [4.78, 5) is 12.5. The number of halogens is 1. The van der Waals surface area contributed by atoms with Crippen molar-refractivity contribution >= 4 is 18.3 Å². The SMILES string of the molecule is Cl.NC1CCC(C(=O)NC23CC4CC(CC(C4)C2)C3)C1. The topological polar surface area (TPSA) is 55.1 Å². The minimum Gasteiger partial charge on any atom is -0.350 e. The average molecular weight is 299 g/mol. The monoisotopic (exact) mass is 298 g/mol. The first-order chi connectivity index (χ1) is 9.12. The van der Waals surface area contributed by atoms with E-state index in [2.05, 4.69) is 5.32 Å². The molecule has 0 aromatic rings. The normalized spacial score (nSPS) is 49.0. The summed E-state index contributed by atoms with van der Waals surface area (Å²) in [6, 6.07) is 0.257. The highest BCUT2D eigenvalue weighted by Crippen LogP contribution is 2.55. The van der Waals surface area contributed by atoms with Gasteiger partial charge in [0.2, 0.25) is 5.91 Å². The third kappa shape index (κ3) is 2.48. The Morgan fingerprint density at radius 1 is 0.950 bits per heavy atom. The van der Waals surface area contributed by atoms with Crippen LogP contribution in [0.15, 0.2) is 0 Å². The van der Waals surface area contributed by atoms with E-state index < -0.39 is 0 Å². The molecular formula is C16H27ClN2O. The number of hydrogen-bond donors (Lipinski definition) is 2. The number of rotatable bonds is 2. The molecule has 0 aliphatic heterocycles. The Morgan fingerprint density at radius 2 is 1.50 bits per heavy atom. The maximum Gasteiger partial charge on any atom is 0.223 e. The fraction of sp³-hybridized carbons (Fsp3) is 0.938. The summed E-state index contributed by atoms with van der Waals surface area (Å²) in [5.41, 5.74) is 6.12. The van der Waals surface area contributed by atoms with Crippen LogP contribution in [0.4, 0.5) is 0 Å². The summed E-state index contributed by atoms with van der Waals surface area (Å²) in [6.45, 7) is 0. The molecule has 2 unspecified atom stereocenters. The first-order valence-corrected chi connectivity index (χ1v) is 8.19. The lowest BCUT2D eigenvalue weighted by atomic mass is 9.53. The Balaban J connectivity index is 0.00000121. The van der Waals surface area contributed by atoms with Crippen LogP contribution in [-0.4, -0.2) is 17.5 Å². The Bertz CT molecular complexity index is 363. The third-order valence-corrected chi connectivity index (χ3v) is 6.27. The van der Waals surface area contributed by atoms with Crippen molar-refractivity contribution in [3.63, 3.8) is 0 Å². The molecule has 0 aromatic carbocycles. The van der Waals surface area contributed by atoms with E-state index in [4.69, 9.17) is 5.73 Å². The predicted octanol–water partition coefficient (Wildman–Crippen LogP) is 2.62. The lowest BCUT2D eigenvalue weighted by Crippen LogP contribution is -2.60. The fourth-order valence-corrected chi connectivity index (χ4v) is 5.88. The number of carbonyl (C=O) groups excluding carboxylic acids is 1. The van der Waals surface area contributed by atoms with Crippen LogP contribution in [0.2, 0.25) is 0 Å². The molecule has 20 heavy (non-hydrogen) atoms. The summed E-state index contributed by atoms with van der Waals surface area (Å²) in [5, 5.41) is 3.49. The van der Waals surface area contributed by atoms with E-state index in [1.54, 1.807) is 0 Å². The molecule has 114 valence electrons. The van der Waals surface area contributed by atoms with E-state index in [1.165, 1.54) is 38.5 Å². The van der Waals surface area contributed by atoms with E-state index in [1.807, 2.05) is 0 Å². The van der Waals surface area contributed by atoms with E-state index in [0.717, 1.165) is 37.0 Å². The zero-order valence-electron chi connectivity index (χ0n) is 12.1. The molecular weight excluding hydrogens is 272 g/mol. The highest BCUT2D eigenvalue weighted by Gasteiger charge is 2.51. The molecule has 1 amide bonds. The number of amides is 1. The van der Waals surface area contributed by atoms with Crippen LogP contribution in [0.25, 0.3) is 0 Å². The fourth-order valence-electron chi connectivity index (χ4n) is 5.88. The van der Waals surface area contributed by atoms with Crippen molar-refractivity contribution in [1.82, 2.24) is 5.32 Å². The van der Waals surface area contributed by atoms with Gasteiger partial charge in [-0.3, -0.25) is 4.79 Å². The molecule has 0 saturated heterocycles. The van der Waals surface area contributed by atoms with Crippen molar-refractivity contribution in [2.24, 2.45) is 29.4 Å². The molecule has 5 aliphatic rings. The van der Waals surface area contributed by atoms with Crippen molar-refractivity contribution in [3.8, 4) is 0 Å². The molecule has 4 bridgehead atoms. The van der Waals surface area contributed by atoms with Crippen LogP contribution in [0.5, 0.6) is 0 Å². The van der Waals surface area contributed by atoms with E-state index in [0.29, 0.717) is 5.91 Å². The van der Waals surface area contributed by atoms with Crippen molar-refractivity contribution in [3.05, 3.63) is 0 Å². The van der Waals surface area contributed by atoms with Gasteiger partial charge in [-0.25, -0.2) is 0 Å². The van der Waals surface area contributed by atoms with Crippen molar-refractivity contribution in [2.75, 3.05) is 0 Å². The smallest absolute Gasteiger partial charge is 0.223 e. The van der Waals surface area contributed by atoms with Gasteiger partial charge >= 0.3 is 0 Å². The maximum atomic E-state index is 12.5. The van der Waals surface area contributed by atoms with Crippen molar-refractivity contribution < 1.29 is 4.79 Å². The van der Waals surface area contributed by atoms with E-state index in [9.17, 15) is 4.79 Å². The number of nitrogens with one attached hydrogen (secondary N) is 1. The standard InChI is InChI=1S/C16H26N2O.ClH/c17-14-2-1-13(6-14)15(19)18-16-7-10-3-11(8-16)5-12(4-10)9-16;/h10-14H,1-9,17H2,(H,18,19);1H. The van der Waals surface area contributed by atoms with Gasteiger partial charge in [-0.15, -0.1) is 12.4 Å². The van der Waals surface area contributed by atoms with Gasteiger partial charge in [0.05, 0.1) is 0 Å². The highest BCUT2D eigenvalue weighted by atomic mass is 35.5. The second-order valence-electron chi connectivity index (χ2n) is 7.96. The highest BCUT2D eigenvalue weighted by molar-refractivity contribution is 5.85. The maximum absolute atomic E-state index is 12.5. The number of nitrogens with two attached hydrogens (primary N) is 1. The minimum atomic E-state index is 0. The van der Waals surface area contributed by atoms with Gasteiger partial charge in [0.1, 0.15) is 0 Å². The Labute approximate surface area is 127 Å². The van der Waals surface area contributed by atoms with Gasteiger partial charge < -0.3 is 11.1 Å². The second-order valence-corrected chi connectivity index (χ2v) is 7.96. The summed E-state index contributed by atoms with van der Waals surface area (Å²) in [6.07, 6.45) is 11.0. The number of carbonyl (C=O) groups is 1. The summed E-state index contributed by atoms with van der Waals surface area (Å²) in [5.74, 6) is 3.21. The molecule has 5 saturated carbocycles. The first-order valence-electron chi connectivity index (χ1n) is 8.19. The van der Waals surface area contributed by atoms with Gasteiger partial charge in [-0.05, 0) is 75.5 Å². The lowest BCUT2D eigenvalue weighted by molar-refractivity contribution is -0.130. The molecule has 2 atom stereocenters. The molecule has 5 aliphatic carbocycles.